The van der Waals surface area contributed by atoms with Gasteiger partial charge in [0.25, 0.3) is 0 Å². The summed E-state index contributed by atoms with van der Waals surface area (Å²) in [6, 6.07) is 0.659. The molecule has 1 aliphatic rings. The molecule has 0 spiro atoms. The van der Waals surface area contributed by atoms with E-state index in [4.69, 9.17) is 9.84 Å². The molecule has 0 aliphatic carbocycles. The lowest BCUT2D eigenvalue weighted by Gasteiger charge is -2.27. The molecule has 1 saturated heterocycles. The molecule has 1 aliphatic heterocycles. The van der Waals surface area contributed by atoms with Gasteiger partial charge in [-0.15, -0.1) is 0 Å². The summed E-state index contributed by atoms with van der Waals surface area (Å²) in [5, 5.41) is 12.2. The molecular formula is C13H28N2O2. The first-order valence-electron chi connectivity index (χ1n) is 6.86. The van der Waals surface area contributed by atoms with Crippen LogP contribution in [0.2, 0.25) is 0 Å². The SMILES string of the molecule is CC(C)CN(CCOCCO)CC1CCCN1. The summed E-state index contributed by atoms with van der Waals surface area (Å²) in [6.07, 6.45) is 2.60. The maximum atomic E-state index is 8.66. The van der Waals surface area contributed by atoms with Gasteiger partial charge in [-0.3, -0.25) is 4.90 Å². The standard InChI is InChI=1S/C13H28N2O2/c1-12(2)10-15(6-8-17-9-7-16)11-13-4-3-5-14-13/h12-14,16H,3-11H2,1-2H3. The predicted octanol–water partition coefficient (Wildman–Crippen LogP) is 0.705. The van der Waals surface area contributed by atoms with Gasteiger partial charge in [-0.25, -0.2) is 0 Å². The van der Waals surface area contributed by atoms with Crippen molar-refractivity contribution in [3.8, 4) is 0 Å². The van der Waals surface area contributed by atoms with Gasteiger partial charge in [0.15, 0.2) is 0 Å². The predicted molar refractivity (Wildman–Crippen MR) is 70.2 cm³/mol. The van der Waals surface area contributed by atoms with E-state index >= 15 is 0 Å². The van der Waals surface area contributed by atoms with Gasteiger partial charge in [0, 0.05) is 25.7 Å². The highest BCUT2D eigenvalue weighted by Crippen LogP contribution is 2.08. The van der Waals surface area contributed by atoms with Crippen LogP contribution in [0, 0.1) is 5.92 Å². The van der Waals surface area contributed by atoms with Crippen LogP contribution in [0.1, 0.15) is 26.7 Å². The molecule has 1 fully saturated rings. The van der Waals surface area contributed by atoms with Gasteiger partial charge in [0.05, 0.1) is 19.8 Å². The van der Waals surface area contributed by atoms with Gasteiger partial charge >= 0.3 is 0 Å². The number of aliphatic hydroxyl groups excluding tert-OH is 1. The molecule has 0 aromatic carbocycles. The van der Waals surface area contributed by atoms with Crippen LogP contribution in [0.15, 0.2) is 0 Å². The molecule has 4 nitrogen and oxygen atoms in total. The van der Waals surface area contributed by atoms with Crippen LogP contribution in [-0.2, 0) is 4.74 Å². The average molecular weight is 244 g/mol. The monoisotopic (exact) mass is 244 g/mol. The molecule has 4 heteroatoms. The molecule has 0 radical (unpaired) electrons. The van der Waals surface area contributed by atoms with E-state index in [2.05, 4.69) is 24.1 Å². The van der Waals surface area contributed by atoms with Crippen molar-refractivity contribution >= 4 is 0 Å². The van der Waals surface area contributed by atoms with E-state index in [1.54, 1.807) is 0 Å². The van der Waals surface area contributed by atoms with Crippen molar-refractivity contribution in [1.82, 2.24) is 10.2 Å². The highest BCUT2D eigenvalue weighted by atomic mass is 16.5. The van der Waals surface area contributed by atoms with Crippen LogP contribution in [-0.4, -0.2) is 62.0 Å². The minimum Gasteiger partial charge on any atom is -0.394 e. The molecule has 0 aromatic heterocycles. The maximum absolute atomic E-state index is 8.66. The molecule has 0 amide bonds. The molecule has 0 bridgehead atoms. The van der Waals surface area contributed by atoms with Crippen molar-refractivity contribution in [3.05, 3.63) is 0 Å². The minimum absolute atomic E-state index is 0.119. The number of nitrogens with zero attached hydrogens (tertiary/aromatic N) is 1. The lowest BCUT2D eigenvalue weighted by Crippen LogP contribution is -2.41. The molecule has 17 heavy (non-hydrogen) atoms. The molecule has 0 aromatic rings. The number of hydrogen-bond acceptors (Lipinski definition) is 4. The van der Waals surface area contributed by atoms with Gasteiger partial charge in [0.2, 0.25) is 0 Å². The fraction of sp³-hybridized carbons (Fsp3) is 1.00. The number of hydrogen-bond donors (Lipinski definition) is 2. The summed E-state index contributed by atoms with van der Waals surface area (Å²) in [5.41, 5.74) is 0. The smallest absolute Gasteiger partial charge is 0.0698 e. The fourth-order valence-corrected chi connectivity index (χ4v) is 2.36. The fourth-order valence-electron chi connectivity index (χ4n) is 2.36. The van der Waals surface area contributed by atoms with Crippen molar-refractivity contribution in [3.63, 3.8) is 0 Å². The number of nitrogens with one attached hydrogen (secondary N) is 1. The topological polar surface area (TPSA) is 44.7 Å². The van der Waals surface area contributed by atoms with E-state index in [-0.39, 0.29) is 6.61 Å². The Balaban J connectivity index is 2.21. The lowest BCUT2D eigenvalue weighted by molar-refractivity contribution is 0.0692. The number of ether oxygens (including phenoxy) is 1. The van der Waals surface area contributed by atoms with Crippen molar-refractivity contribution in [2.24, 2.45) is 5.92 Å². The summed E-state index contributed by atoms with van der Waals surface area (Å²) in [7, 11) is 0. The summed E-state index contributed by atoms with van der Waals surface area (Å²) < 4.78 is 5.35. The van der Waals surface area contributed by atoms with Crippen molar-refractivity contribution < 1.29 is 9.84 Å². The van der Waals surface area contributed by atoms with Crippen molar-refractivity contribution in [2.75, 3.05) is 46.0 Å². The van der Waals surface area contributed by atoms with Crippen molar-refractivity contribution in [1.29, 1.82) is 0 Å². The van der Waals surface area contributed by atoms with E-state index in [9.17, 15) is 0 Å². The summed E-state index contributed by atoms with van der Waals surface area (Å²) in [5.74, 6) is 0.689. The molecule has 1 heterocycles. The first-order chi connectivity index (χ1) is 8.22. The third kappa shape index (κ3) is 6.99. The third-order valence-corrected chi connectivity index (χ3v) is 3.05. The molecule has 1 atom stereocenters. The zero-order valence-corrected chi connectivity index (χ0v) is 11.3. The molecule has 102 valence electrons. The van der Waals surface area contributed by atoms with E-state index in [0.29, 0.717) is 18.6 Å². The van der Waals surface area contributed by atoms with Crippen LogP contribution in [0.4, 0.5) is 0 Å². The Morgan fingerprint density at radius 3 is 2.82 bits per heavy atom. The largest absolute Gasteiger partial charge is 0.394 e. The van der Waals surface area contributed by atoms with Crippen molar-refractivity contribution in [2.45, 2.75) is 32.7 Å². The number of aliphatic hydroxyl groups is 1. The Kier molecular flexibility index (Phi) is 7.77. The van der Waals surface area contributed by atoms with Crippen LogP contribution >= 0.6 is 0 Å². The second-order valence-electron chi connectivity index (χ2n) is 5.28. The van der Waals surface area contributed by atoms with Crippen LogP contribution in [0.5, 0.6) is 0 Å². The second kappa shape index (κ2) is 8.86. The van der Waals surface area contributed by atoms with Gasteiger partial charge < -0.3 is 15.2 Å². The summed E-state index contributed by atoms with van der Waals surface area (Å²) >= 11 is 0. The van der Waals surface area contributed by atoms with Crippen LogP contribution in [0.3, 0.4) is 0 Å². The highest BCUT2D eigenvalue weighted by molar-refractivity contribution is 4.78. The molecule has 0 saturated carbocycles. The molecule has 1 unspecified atom stereocenters. The zero-order chi connectivity index (χ0) is 12.5. The van der Waals surface area contributed by atoms with Crippen LogP contribution < -0.4 is 5.32 Å². The zero-order valence-electron chi connectivity index (χ0n) is 11.3. The first-order valence-corrected chi connectivity index (χ1v) is 6.86. The van der Waals surface area contributed by atoms with Crippen LogP contribution in [0.25, 0.3) is 0 Å². The Morgan fingerprint density at radius 1 is 1.41 bits per heavy atom. The normalized spacial score (nSPS) is 20.6. The van der Waals surface area contributed by atoms with E-state index in [1.807, 2.05) is 0 Å². The lowest BCUT2D eigenvalue weighted by atomic mass is 10.1. The molecule has 1 rings (SSSR count). The van der Waals surface area contributed by atoms with E-state index < -0.39 is 0 Å². The Bertz CT molecular complexity index is 182. The third-order valence-electron chi connectivity index (χ3n) is 3.05. The Labute approximate surface area is 105 Å². The molecule has 2 N–H and O–H groups in total. The quantitative estimate of drug-likeness (QED) is 0.586. The second-order valence-corrected chi connectivity index (χ2v) is 5.28. The molecular weight excluding hydrogens is 216 g/mol. The van der Waals surface area contributed by atoms with E-state index in [1.165, 1.54) is 19.4 Å². The summed E-state index contributed by atoms with van der Waals surface area (Å²) in [4.78, 5) is 2.48. The minimum atomic E-state index is 0.119. The average Bonchev–Trinajstić information content (AvgIpc) is 2.76. The maximum Gasteiger partial charge on any atom is 0.0698 e. The van der Waals surface area contributed by atoms with Gasteiger partial charge in [0.1, 0.15) is 0 Å². The number of rotatable bonds is 9. The van der Waals surface area contributed by atoms with Gasteiger partial charge in [-0.1, -0.05) is 13.8 Å². The van der Waals surface area contributed by atoms with Gasteiger partial charge in [-0.2, -0.15) is 0 Å². The Hall–Kier alpha value is -0.160. The Morgan fingerprint density at radius 2 is 2.24 bits per heavy atom. The first kappa shape index (κ1) is 14.9. The van der Waals surface area contributed by atoms with E-state index in [0.717, 1.165) is 26.2 Å². The van der Waals surface area contributed by atoms with Gasteiger partial charge in [-0.05, 0) is 25.3 Å². The highest BCUT2D eigenvalue weighted by Gasteiger charge is 2.18. The summed E-state index contributed by atoms with van der Waals surface area (Å²) in [6.45, 7) is 10.2.